The van der Waals surface area contributed by atoms with Crippen LogP contribution in [-0.2, 0) is 4.74 Å². The summed E-state index contributed by atoms with van der Waals surface area (Å²) in [5, 5.41) is 2.38. The molecule has 3 N–H and O–H groups in total. The summed E-state index contributed by atoms with van der Waals surface area (Å²) in [4.78, 5) is 23.3. The van der Waals surface area contributed by atoms with E-state index in [9.17, 15) is 9.59 Å². The third kappa shape index (κ3) is 7.14. The van der Waals surface area contributed by atoms with Crippen molar-refractivity contribution in [2.24, 2.45) is 5.92 Å². The molecule has 0 spiro atoms. The molecule has 1 aromatic carbocycles. The third-order valence-electron chi connectivity index (χ3n) is 2.83. The molecule has 0 aliphatic rings. The first kappa shape index (κ1) is 20.2. The zero-order chi connectivity index (χ0) is 18.1. The topological polar surface area (TPSA) is 88.7 Å². The van der Waals surface area contributed by atoms with E-state index in [1.807, 2.05) is 0 Å². The average Bonchev–Trinajstić information content (AvgIpc) is 2.53. The van der Waals surface area contributed by atoms with Crippen LogP contribution in [0.5, 0.6) is 5.75 Å². The molecule has 1 rings (SSSR count). The number of methoxy groups -OCH3 is 1. The number of halogens is 1. The van der Waals surface area contributed by atoms with Gasteiger partial charge in [-0.05, 0) is 42.8 Å². The normalized spacial score (nSPS) is 10.0. The van der Waals surface area contributed by atoms with Gasteiger partial charge in [-0.3, -0.25) is 15.5 Å². The van der Waals surface area contributed by atoms with E-state index in [1.165, 1.54) is 7.11 Å². The summed E-state index contributed by atoms with van der Waals surface area (Å²) >= 11 is 8.25. The maximum atomic E-state index is 12.4. The van der Waals surface area contributed by atoms with Gasteiger partial charge in [0, 0.05) is 4.47 Å². The van der Waals surface area contributed by atoms with Crippen molar-refractivity contribution >= 4 is 45.3 Å². The van der Waals surface area contributed by atoms with Gasteiger partial charge in [0.05, 0.1) is 19.3 Å². The molecular weight excluding hydrogens is 398 g/mol. The first-order chi connectivity index (χ1) is 11.3. The molecule has 7 nitrogen and oxygen atoms in total. The number of carbonyl (C=O) groups is 2. The largest absolute Gasteiger partial charge is 0.493 e. The van der Waals surface area contributed by atoms with Gasteiger partial charge in [0.1, 0.15) is 5.75 Å². The quantitative estimate of drug-likeness (QED) is 0.504. The third-order valence-corrected chi connectivity index (χ3v) is 3.53. The van der Waals surface area contributed by atoms with Gasteiger partial charge in [-0.15, -0.1) is 0 Å². The predicted molar refractivity (Wildman–Crippen MR) is 97.8 cm³/mol. The Morgan fingerprint density at radius 2 is 2.00 bits per heavy atom. The number of ether oxygens (including phenoxy) is 2. The molecular formula is C15H20BrN3O4S. The van der Waals surface area contributed by atoms with Gasteiger partial charge in [-0.2, -0.15) is 0 Å². The fraction of sp³-hybridized carbons (Fsp3) is 0.400. The number of amides is 2. The van der Waals surface area contributed by atoms with Crippen LogP contribution in [0.4, 0.5) is 4.79 Å². The average molecular weight is 418 g/mol. The highest BCUT2D eigenvalue weighted by Crippen LogP contribution is 2.23. The highest BCUT2D eigenvalue weighted by molar-refractivity contribution is 9.10. The predicted octanol–water partition coefficient (Wildman–Crippen LogP) is 2.75. The lowest BCUT2D eigenvalue weighted by Crippen LogP contribution is -2.48. The molecule has 0 aliphatic carbocycles. The summed E-state index contributed by atoms with van der Waals surface area (Å²) in [7, 11) is 1.21. The van der Waals surface area contributed by atoms with Gasteiger partial charge in [-0.25, -0.2) is 10.2 Å². The van der Waals surface area contributed by atoms with Gasteiger partial charge < -0.3 is 9.47 Å². The molecule has 0 aliphatic heterocycles. The molecule has 0 radical (unpaired) electrons. The second kappa shape index (κ2) is 10.1. The van der Waals surface area contributed by atoms with Crippen LogP contribution in [0.15, 0.2) is 22.7 Å². The van der Waals surface area contributed by atoms with Crippen LogP contribution >= 0.6 is 28.1 Å². The SMILES string of the molecule is COC(=O)NNC(=S)NC(=O)c1cc(Br)ccc1OCCC(C)C. The van der Waals surface area contributed by atoms with Crippen LogP contribution in [0, 0.1) is 5.92 Å². The second-order valence-corrected chi connectivity index (χ2v) is 6.52. The van der Waals surface area contributed by atoms with Crippen LogP contribution in [0.1, 0.15) is 30.6 Å². The zero-order valence-electron chi connectivity index (χ0n) is 13.6. The summed E-state index contributed by atoms with van der Waals surface area (Å²) < 4.78 is 10.8. The minimum Gasteiger partial charge on any atom is -0.493 e. The van der Waals surface area contributed by atoms with E-state index in [0.29, 0.717) is 23.8 Å². The van der Waals surface area contributed by atoms with Gasteiger partial charge in [0.2, 0.25) is 0 Å². The Bertz CT molecular complexity index is 610. The lowest BCUT2D eigenvalue weighted by Gasteiger charge is -2.14. The molecule has 24 heavy (non-hydrogen) atoms. The number of nitrogens with one attached hydrogen (secondary N) is 3. The van der Waals surface area contributed by atoms with Crippen molar-refractivity contribution in [3.63, 3.8) is 0 Å². The molecule has 0 saturated heterocycles. The van der Waals surface area contributed by atoms with Crippen LogP contribution in [0.25, 0.3) is 0 Å². The van der Waals surface area contributed by atoms with Gasteiger partial charge >= 0.3 is 6.09 Å². The van der Waals surface area contributed by atoms with Crippen molar-refractivity contribution in [2.75, 3.05) is 13.7 Å². The van der Waals surface area contributed by atoms with E-state index >= 15 is 0 Å². The highest BCUT2D eigenvalue weighted by atomic mass is 79.9. The minimum absolute atomic E-state index is 0.0708. The summed E-state index contributed by atoms with van der Waals surface area (Å²) in [5.74, 6) is 0.499. The molecule has 0 atom stereocenters. The van der Waals surface area contributed by atoms with E-state index in [-0.39, 0.29) is 5.11 Å². The smallest absolute Gasteiger partial charge is 0.425 e. The molecule has 0 saturated carbocycles. The molecule has 0 bridgehead atoms. The Kier molecular flexibility index (Phi) is 8.48. The number of rotatable bonds is 5. The van der Waals surface area contributed by atoms with E-state index in [4.69, 9.17) is 17.0 Å². The van der Waals surface area contributed by atoms with E-state index in [2.05, 4.69) is 50.7 Å². The molecule has 2 amide bonds. The van der Waals surface area contributed by atoms with Crippen molar-refractivity contribution in [2.45, 2.75) is 20.3 Å². The highest BCUT2D eigenvalue weighted by Gasteiger charge is 2.15. The Labute approximate surface area is 154 Å². The van der Waals surface area contributed by atoms with Crippen LogP contribution < -0.4 is 20.9 Å². The van der Waals surface area contributed by atoms with Crippen molar-refractivity contribution in [1.82, 2.24) is 16.2 Å². The molecule has 0 heterocycles. The first-order valence-corrected chi connectivity index (χ1v) is 8.41. The van der Waals surface area contributed by atoms with Crippen LogP contribution in [0.2, 0.25) is 0 Å². The van der Waals surface area contributed by atoms with Gasteiger partial charge in [0.15, 0.2) is 5.11 Å². The second-order valence-electron chi connectivity index (χ2n) is 5.20. The van der Waals surface area contributed by atoms with Crippen molar-refractivity contribution < 1.29 is 19.1 Å². The van der Waals surface area contributed by atoms with Gasteiger partial charge in [-0.1, -0.05) is 29.8 Å². The van der Waals surface area contributed by atoms with Crippen molar-refractivity contribution in [3.05, 3.63) is 28.2 Å². The summed E-state index contributed by atoms with van der Waals surface area (Å²) in [6, 6.07) is 5.13. The number of hydrazine groups is 1. The number of benzene rings is 1. The lowest BCUT2D eigenvalue weighted by atomic mass is 10.1. The molecule has 1 aromatic rings. The fourth-order valence-corrected chi connectivity index (χ4v) is 2.08. The van der Waals surface area contributed by atoms with Crippen molar-refractivity contribution in [3.8, 4) is 5.75 Å². The van der Waals surface area contributed by atoms with E-state index in [0.717, 1.165) is 10.9 Å². The number of thiocarbonyl (C=S) groups is 1. The standard InChI is InChI=1S/C15H20BrN3O4S/c1-9(2)6-7-23-12-5-4-10(16)8-11(12)13(20)17-14(24)18-19-15(21)22-3/h4-5,8-9H,6-7H2,1-3H3,(H,19,21)(H2,17,18,20,24). The maximum Gasteiger partial charge on any atom is 0.425 e. The number of hydrogen-bond donors (Lipinski definition) is 3. The fourth-order valence-electron chi connectivity index (χ4n) is 1.57. The Balaban J connectivity index is 2.72. The van der Waals surface area contributed by atoms with E-state index in [1.54, 1.807) is 18.2 Å². The zero-order valence-corrected chi connectivity index (χ0v) is 16.0. The number of carbonyl (C=O) groups excluding carboxylic acids is 2. The molecule has 0 aromatic heterocycles. The Morgan fingerprint density at radius 1 is 1.29 bits per heavy atom. The molecule has 0 unspecified atom stereocenters. The van der Waals surface area contributed by atoms with Gasteiger partial charge in [0.25, 0.3) is 5.91 Å². The summed E-state index contributed by atoms with van der Waals surface area (Å²) in [6.45, 7) is 4.69. The monoisotopic (exact) mass is 417 g/mol. The Morgan fingerprint density at radius 3 is 2.62 bits per heavy atom. The van der Waals surface area contributed by atoms with Crippen molar-refractivity contribution in [1.29, 1.82) is 0 Å². The molecule has 0 fully saturated rings. The Hall–Kier alpha value is -1.87. The summed E-state index contributed by atoms with van der Waals surface area (Å²) in [5.41, 5.74) is 4.83. The lowest BCUT2D eigenvalue weighted by molar-refractivity contribution is 0.0971. The maximum absolute atomic E-state index is 12.4. The summed E-state index contributed by atoms with van der Waals surface area (Å²) in [6.07, 6.45) is 0.145. The van der Waals surface area contributed by atoms with Crippen LogP contribution in [-0.4, -0.2) is 30.8 Å². The molecule has 132 valence electrons. The first-order valence-electron chi connectivity index (χ1n) is 7.21. The molecule has 9 heteroatoms. The van der Waals surface area contributed by atoms with Crippen LogP contribution in [0.3, 0.4) is 0 Å². The minimum atomic E-state index is -0.730. The number of hydrogen-bond acceptors (Lipinski definition) is 5. The van der Waals surface area contributed by atoms with E-state index < -0.39 is 12.0 Å².